The van der Waals surface area contributed by atoms with E-state index >= 15 is 0 Å². The van der Waals surface area contributed by atoms with Crippen LogP contribution in [-0.4, -0.2) is 6.29 Å². The van der Waals surface area contributed by atoms with E-state index < -0.39 is 0 Å². The smallest absolute Gasteiger partial charge is 0.185 e. The lowest BCUT2D eigenvalue weighted by Crippen LogP contribution is -1.77. The van der Waals surface area contributed by atoms with Gasteiger partial charge in [-0.2, -0.15) is 0 Å². The Morgan fingerprint density at radius 2 is 2.38 bits per heavy atom. The van der Waals surface area contributed by atoms with Crippen LogP contribution in [0, 0.1) is 0 Å². The quantitative estimate of drug-likeness (QED) is 0.409. The van der Waals surface area contributed by atoms with Crippen molar-refractivity contribution in [3.05, 3.63) is 17.9 Å². The fourth-order valence-electron chi connectivity index (χ4n) is 0.432. The zero-order valence-corrected chi connectivity index (χ0v) is 5.28. The molecule has 0 saturated carbocycles. The minimum Gasteiger partial charge on any atom is -0.454 e. The second kappa shape index (κ2) is 2.10. The molecule has 1 aromatic rings. The van der Waals surface area contributed by atoms with Gasteiger partial charge < -0.3 is 4.42 Å². The average Bonchev–Trinajstić information content (AvgIpc) is 2.14. The SMILES string of the molecule is O=Cc1ccc(P)o1. The molecule has 0 spiro atoms. The number of carbonyl (C=O) groups excluding carboxylic acids is 1. The van der Waals surface area contributed by atoms with Crippen molar-refractivity contribution >= 4 is 21.0 Å². The second-order valence-electron chi connectivity index (χ2n) is 1.36. The van der Waals surface area contributed by atoms with Crippen LogP contribution in [0.3, 0.4) is 0 Å². The molecular weight excluding hydrogens is 123 g/mol. The van der Waals surface area contributed by atoms with Crippen molar-refractivity contribution in [2.24, 2.45) is 0 Å². The van der Waals surface area contributed by atoms with Crippen LogP contribution in [0.1, 0.15) is 10.6 Å². The molecule has 0 aliphatic heterocycles. The topological polar surface area (TPSA) is 30.2 Å². The normalized spacial score (nSPS) is 9.12. The molecule has 1 aromatic heterocycles. The van der Waals surface area contributed by atoms with Crippen molar-refractivity contribution < 1.29 is 9.21 Å². The molecule has 1 heterocycles. The Balaban J connectivity index is 3.00. The molecule has 3 heteroatoms. The van der Waals surface area contributed by atoms with Gasteiger partial charge in [0.2, 0.25) is 0 Å². The number of aldehydes is 1. The van der Waals surface area contributed by atoms with Crippen LogP contribution in [0.4, 0.5) is 0 Å². The van der Waals surface area contributed by atoms with Gasteiger partial charge in [-0.25, -0.2) is 0 Å². The molecule has 8 heavy (non-hydrogen) atoms. The summed E-state index contributed by atoms with van der Waals surface area (Å²) >= 11 is 0. The minimum absolute atomic E-state index is 0.370. The van der Waals surface area contributed by atoms with Crippen LogP contribution >= 0.6 is 9.24 Å². The van der Waals surface area contributed by atoms with E-state index in [9.17, 15) is 4.79 Å². The summed E-state index contributed by atoms with van der Waals surface area (Å²) < 4.78 is 4.83. The first-order valence-corrected chi connectivity index (χ1v) is 2.71. The van der Waals surface area contributed by atoms with Gasteiger partial charge in [0.25, 0.3) is 0 Å². The summed E-state index contributed by atoms with van der Waals surface area (Å²) in [6.07, 6.45) is 0.674. The maximum Gasteiger partial charge on any atom is 0.185 e. The molecule has 42 valence electrons. The van der Waals surface area contributed by atoms with Crippen LogP contribution in [0.15, 0.2) is 16.5 Å². The standard InChI is InChI=1S/C5H5O2P/c6-3-4-1-2-5(8)7-4/h1-3H,8H2. The maximum absolute atomic E-state index is 9.92. The summed E-state index contributed by atoms with van der Waals surface area (Å²) in [4.78, 5) is 9.92. The minimum atomic E-state index is 0.370. The van der Waals surface area contributed by atoms with E-state index in [-0.39, 0.29) is 0 Å². The largest absolute Gasteiger partial charge is 0.454 e. The summed E-state index contributed by atoms with van der Waals surface area (Å²) in [6.45, 7) is 0. The Labute approximate surface area is 49.1 Å². The monoisotopic (exact) mass is 128 g/mol. The van der Waals surface area contributed by atoms with E-state index in [1.807, 2.05) is 0 Å². The number of furan rings is 1. The number of carbonyl (C=O) groups is 1. The van der Waals surface area contributed by atoms with E-state index in [0.29, 0.717) is 17.5 Å². The zero-order chi connectivity index (χ0) is 5.98. The van der Waals surface area contributed by atoms with Crippen LogP contribution < -0.4 is 5.50 Å². The number of rotatable bonds is 1. The highest BCUT2D eigenvalue weighted by atomic mass is 31.0. The second-order valence-corrected chi connectivity index (χ2v) is 1.93. The van der Waals surface area contributed by atoms with Crippen LogP contribution in [0.5, 0.6) is 0 Å². The molecule has 0 bridgehead atoms. The number of hydrogen-bond acceptors (Lipinski definition) is 2. The van der Waals surface area contributed by atoms with Crippen LogP contribution in [0.2, 0.25) is 0 Å². The Kier molecular flexibility index (Phi) is 1.45. The van der Waals surface area contributed by atoms with E-state index in [1.54, 1.807) is 12.1 Å². The van der Waals surface area contributed by atoms with E-state index in [4.69, 9.17) is 4.42 Å². The van der Waals surface area contributed by atoms with Crippen LogP contribution in [-0.2, 0) is 0 Å². The van der Waals surface area contributed by atoms with Gasteiger partial charge in [0.05, 0.1) is 0 Å². The highest BCUT2D eigenvalue weighted by molar-refractivity contribution is 7.26. The lowest BCUT2D eigenvalue weighted by Gasteiger charge is -1.75. The van der Waals surface area contributed by atoms with Gasteiger partial charge in [-0.3, -0.25) is 4.79 Å². The Morgan fingerprint density at radius 3 is 2.62 bits per heavy atom. The highest BCUT2D eigenvalue weighted by Crippen LogP contribution is 1.96. The van der Waals surface area contributed by atoms with E-state index in [1.165, 1.54) is 0 Å². The van der Waals surface area contributed by atoms with Crippen molar-refractivity contribution in [3.63, 3.8) is 0 Å². The van der Waals surface area contributed by atoms with E-state index in [2.05, 4.69) is 9.24 Å². The van der Waals surface area contributed by atoms with Gasteiger partial charge >= 0.3 is 0 Å². The summed E-state index contributed by atoms with van der Waals surface area (Å²) in [7, 11) is 2.35. The Hall–Kier alpha value is -0.620. The molecule has 0 amide bonds. The lowest BCUT2D eigenvalue weighted by molar-refractivity contribution is 0.110. The molecule has 2 nitrogen and oxygen atoms in total. The molecule has 0 aromatic carbocycles. The molecule has 0 aliphatic rings. The first kappa shape index (κ1) is 5.52. The zero-order valence-electron chi connectivity index (χ0n) is 4.13. The molecule has 1 rings (SSSR count). The Morgan fingerprint density at radius 1 is 1.62 bits per heavy atom. The van der Waals surface area contributed by atoms with Crippen molar-refractivity contribution in [3.8, 4) is 0 Å². The predicted molar refractivity (Wildman–Crippen MR) is 33.4 cm³/mol. The van der Waals surface area contributed by atoms with Crippen molar-refractivity contribution in [2.75, 3.05) is 0 Å². The third-order valence-electron chi connectivity index (χ3n) is 0.764. The fraction of sp³-hybridized carbons (Fsp3) is 0. The molecule has 1 unspecified atom stereocenters. The molecule has 0 fully saturated rings. The fourth-order valence-corrected chi connectivity index (χ4v) is 0.664. The molecular formula is C5H5O2P. The van der Waals surface area contributed by atoms with Gasteiger partial charge in [0.15, 0.2) is 12.0 Å². The average molecular weight is 128 g/mol. The molecule has 0 radical (unpaired) electrons. The van der Waals surface area contributed by atoms with Gasteiger partial charge in [-0.05, 0) is 12.1 Å². The van der Waals surface area contributed by atoms with Crippen molar-refractivity contribution in [2.45, 2.75) is 0 Å². The van der Waals surface area contributed by atoms with Crippen molar-refractivity contribution in [1.29, 1.82) is 0 Å². The first-order valence-electron chi connectivity index (χ1n) is 2.13. The molecule has 0 aliphatic carbocycles. The lowest BCUT2D eigenvalue weighted by atomic mass is 10.5. The van der Waals surface area contributed by atoms with Gasteiger partial charge in [0, 0.05) is 0 Å². The van der Waals surface area contributed by atoms with E-state index in [0.717, 1.165) is 0 Å². The highest BCUT2D eigenvalue weighted by Gasteiger charge is 1.91. The molecule has 0 saturated heterocycles. The predicted octanol–water partition coefficient (Wildman–Crippen LogP) is 0.592. The number of hydrogen-bond donors (Lipinski definition) is 0. The molecule has 1 atom stereocenters. The summed E-state index contributed by atoms with van der Waals surface area (Å²) in [6, 6.07) is 3.34. The van der Waals surface area contributed by atoms with Crippen molar-refractivity contribution in [1.82, 2.24) is 0 Å². The molecule has 0 N–H and O–H groups in total. The van der Waals surface area contributed by atoms with Gasteiger partial charge in [-0.1, -0.05) is 9.24 Å². The third kappa shape index (κ3) is 0.958. The first-order chi connectivity index (χ1) is 3.83. The maximum atomic E-state index is 9.92. The Bertz CT molecular complexity index is 192. The summed E-state index contributed by atoms with van der Waals surface area (Å²) in [5, 5.41) is 0. The van der Waals surface area contributed by atoms with Gasteiger partial charge in [0.1, 0.15) is 5.50 Å². The summed E-state index contributed by atoms with van der Waals surface area (Å²) in [5.41, 5.74) is 0.687. The summed E-state index contributed by atoms with van der Waals surface area (Å²) in [5.74, 6) is 0.370. The third-order valence-corrected chi connectivity index (χ3v) is 1.07. The van der Waals surface area contributed by atoms with Gasteiger partial charge in [-0.15, -0.1) is 0 Å². The van der Waals surface area contributed by atoms with Crippen LogP contribution in [0.25, 0.3) is 0 Å².